The zero-order valence-corrected chi connectivity index (χ0v) is 11.8. The van der Waals surface area contributed by atoms with Gasteiger partial charge in [0.05, 0.1) is 18.9 Å². The van der Waals surface area contributed by atoms with E-state index in [4.69, 9.17) is 0 Å². The monoisotopic (exact) mass is 267 g/mol. The molecule has 1 unspecified atom stereocenters. The van der Waals surface area contributed by atoms with Crippen molar-refractivity contribution in [1.29, 1.82) is 0 Å². The van der Waals surface area contributed by atoms with E-state index in [2.05, 4.69) is 9.13 Å². The van der Waals surface area contributed by atoms with Crippen LogP contribution in [0.5, 0.6) is 0 Å². The lowest BCUT2D eigenvalue weighted by Gasteiger charge is -2.17. The molecule has 1 aromatic rings. The Morgan fingerprint density at radius 1 is 1.33 bits per heavy atom. The van der Waals surface area contributed by atoms with Crippen molar-refractivity contribution in [3.63, 3.8) is 0 Å². The number of carbonyl (C=O) groups excluding carboxylic acids is 1. The second-order valence-corrected chi connectivity index (χ2v) is 6.64. The average Bonchev–Trinajstić information content (AvgIpc) is 2.34. The van der Waals surface area contributed by atoms with Crippen LogP contribution in [0.25, 0.3) is 0 Å². The second-order valence-electron chi connectivity index (χ2n) is 4.71. The van der Waals surface area contributed by atoms with Crippen LogP contribution < -0.4 is 0 Å². The summed E-state index contributed by atoms with van der Waals surface area (Å²) in [6.45, 7) is 5.59. The molecule has 0 heterocycles. The molecule has 1 aromatic carbocycles. The van der Waals surface area contributed by atoms with Crippen LogP contribution in [0.15, 0.2) is 28.7 Å². The summed E-state index contributed by atoms with van der Waals surface area (Å²) in [5, 5.41) is 0. The number of hydrogen-bond acceptors (Lipinski definition) is 4. The van der Waals surface area contributed by atoms with E-state index in [0.717, 1.165) is 5.56 Å². The molecule has 0 aliphatic heterocycles. The highest BCUT2D eigenvalue weighted by atomic mass is 32.2. The minimum absolute atomic E-state index is 0.373. The molecule has 4 nitrogen and oxygen atoms in total. The third-order valence-corrected chi connectivity index (χ3v) is 3.50. The van der Waals surface area contributed by atoms with Gasteiger partial charge in [-0.05, 0) is 38.5 Å². The predicted octanol–water partition coefficient (Wildman–Crippen LogP) is 2.35. The average molecular weight is 267 g/mol. The van der Waals surface area contributed by atoms with E-state index in [1.54, 1.807) is 30.5 Å². The van der Waals surface area contributed by atoms with Crippen LogP contribution in [0.3, 0.4) is 0 Å². The third kappa shape index (κ3) is 4.16. The fraction of sp³-hybridized carbons (Fsp3) is 0.385. The van der Waals surface area contributed by atoms with Crippen LogP contribution in [0.4, 0.5) is 0 Å². The highest BCUT2D eigenvalue weighted by Gasteiger charge is 2.25. The molecule has 1 atom stereocenters. The Labute approximate surface area is 110 Å². The van der Waals surface area contributed by atoms with Crippen LogP contribution in [0.2, 0.25) is 0 Å². The smallest absolute Gasteiger partial charge is 0.337 e. The zero-order chi connectivity index (χ0) is 13.8. The van der Waals surface area contributed by atoms with Gasteiger partial charge < -0.3 is 9.29 Å². The maximum absolute atomic E-state index is 11.7. The topological polar surface area (TPSA) is 61.7 Å². The number of esters is 1. The molecule has 98 valence electrons. The summed E-state index contributed by atoms with van der Waals surface area (Å²) in [5.74, 6) is -0.378. The maximum atomic E-state index is 11.7. The summed E-state index contributed by atoms with van der Waals surface area (Å²) in [4.78, 5) is 11.2. The lowest BCUT2D eigenvalue weighted by Crippen LogP contribution is -2.25. The lowest BCUT2D eigenvalue weighted by molar-refractivity contribution is 0.0600. The molecule has 0 saturated heterocycles. The quantitative estimate of drug-likeness (QED) is 0.480. The summed E-state index contributed by atoms with van der Waals surface area (Å²) < 4.78 is 19.9. The van der Waals surface area contributed by atoms with Crippen molar-refractivity contribution < 1.29 is 14.1 Å². The fourth-order valence-electron chi connectivity index (χ4n) is 1.09. The van der Waals surface area contributed by atoms with Crippen LogP contribution in [-0.4, -0.2) is 28.6 Å². The first-order valence-corrected chi connectivity index (χ1v) is 6.59. The van der Waals surface area contributed by atoms with Gasteiger partial charge in [-0.25, -0.2) is 4.79 Å². The molecule has 0 aromatic heterocycles. The summed E-state index contributed by atoms with van der Waals surface area (Å²) >= 11 is -1.28. The Bertz CT molecular complexity index is 435. The SMILES string of the molecule is COC(=O)c1ccc(C=N[S+]([O-])C(C)(C)C)cc1. The molecule has 0 amide bonds. The van der Waals surface area contributed by atoms with Crippen molar-refractivity contribution in [3.05, 3.63) is 35.4 Å². The first kappa shape index (κ1) is 14.7. The summed E-state index contributed by atoms with van der Waals surface area (Å²) in [6, 6.07) is 6.76. The van der Waals surface area contributed by atoms with Gasteiger partial charge in [0, 0.05) is 0 Å². The predicted molar refractivity (Wildman–Crippen MR) is 73.3 cm³/mol. The van der Waals surface area contributed by atoms with Crippen molar-refractivity contribution in [1.82, 2.24) is 0 Å². The van der Waals surface area contributed by atoms with Crippen molar-refractivity contribution in [2.45, 2.75) is 25.5 Å². The van der Waals surface area contributed by atoms with Crippen LogP contribution in [0.1, 0.15) is 36.7 Å². The zero-order valence-electron chi connectivity index (χ0n) is 11.0. The van der Waals surface area contributed by atoms with E-state index >= 15 is 0 Å². The third-order valence-electron chi connectivity index (χ3n) is 2.15. The highest BCUT2D eigenvalue weighted by Crippen LogP contribution is 2.16. The Morgan fingerprint density at radius 3 is 2.33 bits per heavy atom. The minimum Gasteiger partial charge on any atom is -0.591 e. The van der Waals surface area contributed by atoms with Gasteiger partial charge >= 0.3 is 5.97 Å². The molecule has 0 bridgehead atoms. The fourth-order valence-corrected chi connectivity index (χ4v) is 1.62. The van der Waals surface area contributed by atoms with Crippen molar-refractivity contribution >= 4 is 23.5 Å². The van der Waals surface area contributed by atoms with Crippen LogP contribution in [-0.2, 0) is 16.1 Å². The van der Waals surface area contributed by atoms with Gasteiger partial charge in [0.2, 0.25) is 0 Å². The lowest BCUT2D eigenvalue weighted by atomic mass is 10.1. The Kier molecular flexibility index (Phi) is 4.93. The van der Waals surface area contributed by atoms with Gasteiger partial charge in [0.25, 0.3) is 0 Å². The van der Waals surface area contributed by atoms with Gasteiger partial charge in [-0.2, -0.15) is 0 Å². The maximum Gasteiger partial charge on any atom is 0.337 e. The van der Waals surface area contributed by atoms with Gasteiger partial charge in [0.15, 0.2) is 0 Å². The largest absolute Gasteiger partial charge is 0.591 e. The van der Waals surface area contributed by atoms with E-state index in [1.165, 1.54) is 7.11 Å². The molecule has 18 heavy (non-hydrogen) atoms. The van der Waals surface area contributed by atoms with E-state index in [-0.39, 0.29) is 10.7 Å². The minimum atomic E-state index is -1.28. The summed E-state index contributed by atoms with van der Waals surface area (Å²) in [6.07, 6.45) is 1.54. The van der Waals surface area contributed by atoms with Gasteiger partial charge in [-0.1, -0.05) is 16.5 Å². The van der Waals surface area contributed by atoms with E-state index in [0.29, 0.717) is 5.56 Å². The van der Waals surface area contributed by atoms with Gasteiger partial charge in [-0.15, -0.1) is 0 Å². The van der Waals surface area contributed by atoms with Gasteiger partial charge in [-0.3, -0.25) is 0 Å². The van der Waals surface area contributed by atoms with E-state index in [9.17, 15) is 9.35 Å². The number of nitrogens with zero attached hydrogens (tertiary/aromatic N) is 1. The molecular formula is C13H17NO3S. The Balaban J connectivity index is 2.75. The van der Waals surface area contributed by atoms with Crippen molar-refractivity contribution in [2.24, 2.45) is 4.40 Å². The van der Waals surface area contributed by atoms with Crippen molar-refractivity contribution in [2.75, 3.05) is 7.11 Å². The molecule has 0 aliphatic rings. The molecule has 1 rings (SSSR count). The molecule has 0 radical (unpaired) electrons. The Morgan fingerprint density at radius 2 is 1.89 bits per heavy atom. The number of carbonyl (C=O) groups is 1. The van der Waals surface area contributed by atoms with Crippen molar-refractivity contribution in [3.8, 4) is 0 Å². The van der Waals surface area contributed by atoms with Gasteiger partial charge in [0.1, 0.15) is 16.1 Å². The molecule has 0 fully saturated rings. The highest BCUT2D eigenvalue weighted by molar-refractivity contribution is 7.91. The number of ether oxygens (including phenoxy) is 1. The number of hydrogen-bond donors (Lipinski definition) is 0. The molecule has 0 saturated carbocycles. The molecular weight excluding hydrogens is 250 g/mol. The van der Waals surface area contributed by atoms with Crippen LogP contribution >= 0.6 is 0 Å². The molecule has 0 spiro atoms. The normalized spacial score (nSPS) is 13.6. The van der Waals surface area contributed by atoms with E-state index < -0.39 is 11.4 Å². The second kappa shape index (κ2) is 6.02. The summed E-state index contributed by atoms with van der Waals surface area (Å²) in [5.41, 5.74) is 1.27. The Hall–Kier alpha value is -1.33. The van der Waals surface area contributed by atoms with E-state index in [1.807, 2.05) is 20.8 Å². The van der Waals surface area contributed by atoms with Crippen LogP contribution in [0, 0.1) is 0 Å². The standard InChI is InChI=1S/C13H17NO3S/c1-13(2,3)18(16)14-9-10-5-7-11(8-6-10)12(15)17-4/h5-9H,1-4H3. The number of rotatable bonds is 3. The molecule has 0 N–H and O–H groups in total. The number of benzene rings is 1. The number of methoxy groups -OCH3 is 1. The molecule has 5 heteroatoms. The first-order valence-electron chi connectivity index (χ1n) is 5.49. The first-order chi connectivity index (χ1) is 8.34. The molecule has 0 aliphatic carbocycles. The summed E-state index contributed by atoms with van der Waals surface area (Å²) in [7, 11) is 1.34.